The molecule has 0 bridgehead atoms. The predicted octanol–water partition coefficient (Wildman–Crippen LogP) is 3.49. The monoisotopic (exact) mass is 232 g/mol. The summed E-state index contributed by atoms with van der Waals surface area (Å²) in [6, 6.07) is 2.03. The largest absolute Gasteiger partial charge is 0.391 e. The molecule has 2 nitrogen and oxygen atoms in total. The lowest BCUT2D eigenvalue weighted by molar-refractivity contribution is -0.183. The lowest BCUT2D eigenvalue weighted by atomic mass is 9.86. The van der Waals surface area contributed by atoms with Crippen molar-refractivity contribution in [3.63, 3.8) is 0 Å². The van der Waals surface area contributed by atoms with Crippen LogP contribution in [0.5, 0.6) is 0 Å². The Hall–Kier alpha value is -1.00. The third-order valence-corrected chi connectivity index (χ3v) is 3.28. The van der Waals surface area contributed by atoms with Crippen LogP contribution in [0.4, 0.5) is 13.2 Å². The van der Waals surface area contributed by atoms with Crippen LogP contribution in [0.3, 0.4) is 0 Å². The summed E-state index contributed by atoms with van der Waals surface area (Å²) >= 11 is 0. The molecule has 5 heteroatoms. The molecule has 0 unspecified atom stereocenters. The number of nitrogens with zero attached hydrogens (tertiary/aromatic N) is 2. The minimum Gasteiger partial charge on any atom is -0.269 e. The average Bonchev–Trinajstić information content (AvgIpc) is 2.64. The van der Waals surface area contributed by atoms with Gasteiger partial charge in [-0.15, -0.1) is 0 Å². The Bertz CT molecular complexity index is 348. The number of alkyl halides is 3. The van der Waals surface area contributed by atoms with E-state index in [-0.39, 0.29) is 18.9 Å². The molecule has 1 aliphatic rings. The number of halogens is 3. The normalized spacial score (nSPS) is 27.0. The molecule has 1 aromatic rings. The molecule has 0 amide bonds. The second-order valence-electron chi connectivity index (χ2n) is 4.48. The molecule has 2 rings (SSSR count). The van der Waals surface area contributed by atoms with E-state index in [2.05, 4.69) is 5.10 Å². The minimum absolute atomic E-state index is 0.146. The minimum atomic E-state index is -4.02. The molecular weight excluding hydrogens is 217 g/mol. The molecule has 0 saturated heterocycles. The highest BCUT2D eigenvalue weighted by molar-refractivity contribution is 4.96. The van der Waals surface area contributed by atoms with Gasteiger partial charge >= 0.3 is 6.18 Å². The molecule has 1 fully saturated rings. The van der Waals surface area contributed by atoms with Gasteiger partial charge in [-0.1, -0.05) is 0 Å². The maximum Gasteiger partial charge on any atom is 0.391 e. The fourth-order valence-corrected chi connectivity index (χ4v) is 2.30. The summed E-state index contributed by atoms with van der Waals surface area (Å²) in [5.74, 6) is -1.11. The van der Waals surface area contributed by atoms with Crippen molar-refractivity contribution < 1.29 is 13.2 Å². The van der Waals surface area contributed by atoms with Crippen molar-refractivity contribution in [2.24, 2.45) is 5.92 Å². The Labute approximate surface area is 92.4 Å². The molecule has 0 radical (unpaired) electrons. The fraction of sp³-hybridized carbons (Fsp3) is 0.727. The highest BCUT2D eigenvalue weighted by Crippen LogP contribution is 2.40. The van der Waals surface area contributed by atoms with Gasteiger partial charge < -0.3 is 0 Å². The summed E-state index contributed by atoms with van der Waals surface area (Å²) in [5, 5.41) is 4.26. The zero-order valence-electron chi connectivity index (χ0n) is 9.17. The molecule has 0 aliphatic heterocycles. The quantitative estimate of drug-likeness (QED) is 0.724. The van der Waals surface area contributed by atoms with Crippen LogP contribution >= 0.6 is 0 Å². The summed E-state index contributed by atoms with van der Waals surface area (Å²) < 4.78 is 39.2. The van der Waals surface area contributed by atoms with E-state index >= 15 is 0 Å². The number of rotatable bonds is 1. The number of hydrogen-bond acceptors (Lipinski definition) is 1. The van der Waals surface area contributed by atoms with Gasteiger partial charge in [-0.25, -0.2) is 0 Å². The Kier molecular flexibility index (Phi) is 2.95. The van der Waals surface area contributed by atoms with Gasteiger partial charge in [0.1, 0.15) is 0 Å². The van der Waals surface area contributed by atoms with E-state index in [1.165, 1.54) is 0 Å². The van der Waals surface area contributed by atoms with Gasteiger partial charge in [-0.05, 0) is 38.7 Å². The van der Waals surface area contributed by atoms with E-state index in [1.807, 2.05) is 23.9 Å². The third kappa shape index (κ3) is 2.39. The number of hydrogen-bond donors (Lipinski definition) is 0. The molecule has 1 heterocycles. The van der Waals surface area contributed by atoms with Crippen molar-refractivity contribution in [3.05, 3.63) is 18.0 Å². The highest BCUT2D eigenvalue weighted by Gasteiger charge is 2.41. The van der Waals surface area contributed by atoms with Gasteiger partial charge in [0.05, 0.1) is 17.7 Å². The Morgan fingerprint density at radius 2 is 1.88 bits per heavy atom. The fourth-order valence-electron chi connectivity index (χ4n) is 2.30. The van der Waals surface area contributed by atoms with Crippen molar-refractivity contribution in [2.75, 3.05) is 0 Å². The first kappa shape index (κ1) is 11.5. The topological polar surface area (TPSA) is 17.8 Å². The first-order valence-corrected chi connectivity index (χ1v) is 5.55. The van der Waals surface area contributed by atoms with Crippen LogP contribution in [0, 0.1) is 12.8 Å². The predicted molar refractivity (Wildman–Crippen MR) is 54.0 cm³/mol. The molecule has 1 aromatic heterocycles. The molecule has 0 atom stereocenters. The molecule has 90 valence electrons. The van der Waals surface area contributed by atoms with Gasteiger partial charge in [-0.3, -0.25) is 4.68 Å². The summed E-state index contributed by atoms with van der Waals surface area (Å²) in [7, 11) is 0. The maximum absolute atomic E-state index is 12.5. The molecule has 0 N–H and O–H groups in total. The zero-order valence-corrected chi connectivity index (χ0v) is 9.17. The number of aryl methyl sites for hydroxylation is 1. The van der Waals surface area contributed by atoms with E-state index < -0.39 is 12.1 Å². The molecule has 0 spiro atoms. The highest BCUT2D eigenvalue weighted by atomic mass is 19.4. The summed E-state index contributed by atoms with van der Waals surface area (Å²) in [6.45, 7) is 1.89. The summed E-state index contributed by atoms with van der Waals surface area (Å²) in [5.41, 5.74) is 0.915. The standard InChI is InChI=1S/C11H15F3N2/c1-8-6-7-16(15-8)10-4-2-9(3-5-10)11(12,13)14/h6-7,9-10H,2-5H2,1H3. The van der Waals surface area contributed by atoms with Crippen LogP contribution in [0.2, 0.25) is 0 Å². The Morgan fingerprint density at radius 1 is 1.25 bits per heavy atom. The summed E-state index contributed by atoms with van der Waals surface area (Å²) in [6.07, 6.45) is -0.560. The molecule has 16 heavy (non-hydrogen) atoms. The van der Waals surface area contributed by atoms with E-state index in [0.717, 1.165) is 5.69 Å². The maximum atomic E-state index is 12.5. The Morgan fingerprint density at radius 3 is 2.31 bits per heavy atom. The molecule has 1 saturated carbocycles. The van der Waals surface area contributed by atoms with Crippen LogP contribution in [-0.2, 0) is 0 Å². The van der Waals surface area contributed by atoms with Crippen LogP contribution in [0.15, 0.2) is 12.3 Å². The van der Waals surface area contributed by atoms with Crippen molar-refractivity contribution in [2.45, 2.75) is 44.8 Å². The summed E-state index contributed by atoms with van der Waals surface area (Å²) in [4.78, 5) is 0. The van der Waals surface area contributed by atoms with Crippen molar-refractivity contribution in [3.8, 4) is 0 Å². The molecule has 1 aliphatic carbocycles. The van der Waals surface area contributed by atoms with Crippen LogP contribution in [0.25, 0.3) is 0 Å². The van der Waals surface area contributed by atoms with Crippen molar-refractivity contribution >= 4 is 0 Å². The van der Waals surface area contributed by atoms with Gasteiger partial charge in [0.15, 0.2) is 0 Å². The first-order chi connectivity index (χ1) is 7.47. The van der Waals surface area contributed by atoms with Crippen LogP contribution in [-0.4, -0.2) is 16.0 Å². The molecule has 0 aromatic carbocycles. The Balaban J connectivity index is 1.95. The van der Waals surface area contributed by atoms with Crippen LogP contribution in [0.1, 0.15) is 37.4 Å². The van der Waals surface area contributed by atoms with E-state index in [4.69, 9.17) is 0 Å². The SMILES string of the molecule is Cc1ccn(C2CCC(C(F)(F)F)CC2)n1. The lowest BCUT2D eigenvalue weighted by Gasteiger charge is -2.29. The van der Waals surface area contributed by atoms with E-state index in [0.29, 0.717) is 12.8 Å². The first-order valence-electron chi connectivity index (χ1n) is 5.55. The van der Waals surface area contributed by atoms with Gasteiger partial charge in [0.2, 0.25) is 0 Å². The number of aromatic nitrogens is 2. The average molecular weight is 232 g/mol. The third-order valence-electron chi connectivity index (χ3n) is 3.28. The van der Waals surface area contributed by atoms with Crippen molar-refractivity contribution in [1.29, 1.82) is 0 Å². The molecular formula is C11H15F3N2. The van der Waals surface area contributed by atoms with Gasteiger partial charge in [-0.2, -0.15) is 18.3 Å². The van der Waals surface area contributed by atoms with E-state index in [9.17, 15) is 13.2 Å². The second kappa shape index (κ2) is 4.11. The smallest absolute Gasteiger partial charge is 0.269 e. The van der Waals surface area contributed by atoms with E-state index in [1.54, 1.807) is 0 Å². The second-order valence-corrected chi connectivity index (χ2v) is 4.48. The van der Waals surface area contributed by atoms with Crippen LogP contribution < -0.4 is 0 Å². The lowest BCUT2D eigenvalue weighted by Crippen LogP contribution is -2.28. The van der Waals surface area contributed by atoms with Gasteiger partial charge in [0, 0.05) is 6.20 Å². The van der Waals surface area contributed by atoms with Crippen molar-refractivity contribution in [1.82, 2.24) is 9.78 Å². The zero-order chi connectivity index (χ0) is 11.8. The van der Waals surface area contributed by atoms with Gasteiger partial charge in [0.25, 0.3) is 0 Å².